The molecule has 2 rings (SSSR count). The third kappa shape index (κ3) is 3.35. The minimum Gasteiger partial charge on any atom is -0.374 e. The maximum absolute atomic E-state index is 3.41. The molecule has 1 aliphatic heterocycles. The highest BCUT2D eigenvalue weighted by Gasteiger charge is 2.14. The summed E-state index contributed by atoms with van der Waals surface area (Å²) in [6.07, 6.45) is 2.55. The van der Waals surface area contributed by atoms with Gasteiger partial charge < -0.3 is 10.6 Å². The van der Waals surface area contributed by atoms with E-state index in [1.807, 2.05) is 0 Å². The number of nitrogens with one attached hydrogen (secondary N) is 2. The molecule has 0 aromatic heterocycles. The van der Waals surface area contributed by atoms with Crippen LogP contribution in [-0.2, 0) is 0 Å². The first kappa shape index (κ1) is 12.2. The lowest BCUT2D eigenvalue weighted by Crippen LogP contribution is -2.26. The first-order valence-electron chi connectivity index (χ1n) is 5.97. The first-order valence-corrected chi connectivity index (χ1v) is 7.21. The lowest BCUT2D eigenvalue weighted by Gasteiger charge is -2.23. The third-order valence-corrected chi connectivity index (χ3v) is 3.40. The van der Waals surface area contributed by atoms with E-state index in [1.54, 1.807) is 0 Å². The zero-order chi connectivity index (χ0) is 11.4. The van der Waals surface area contributed by atoms with Crippen molar-refractivity contribution >= 4 is 28.3 Å². The molecule has 1 aromatic carbocycles. The van der Waals surface area contributed by atoms with Crippen molar-refractivity contribution in [1.29, 1.82) is 0 Å². The number of halogens is 1. The fraction of sp³-hybridized carbons (Fsp3) is 0.538. The standard InChI is InChI=1S/C13H19IN2/c1-10(14)16-13-4-2-11(3-5-13)12-6-8-15-9-7-12/h2-5,10,12,15-16H,6-9H2,1H3. The Kier molecular flexibility index (Phi) is 4.46. The average Bonchev–Trinajstić information content (AvgIpc) is 2.30. The van der Waals surface area contributed by atoms with Gasteiger partial charge in [0.05, 0.1) is 4.05 Å². The zero-order valence-corrected chi connectivity index (χ0v) is 11.8. The Morgan fingerprint density at radius 1 is 1.25 bits per heavy atom. The summed E-state index contributed by atoms with van der Waals surface area (Å²) in [6.45, 7) is 4.48. The monoisotopic (exact) mass is 330 g/mol. The van der Waals surface area contributed by atoms with E-state index < -0.39 is 0 Å². The molecule has 1 unspecified atom stereocenters. The smallest absolute Gasteiger partial charge is 0.0752 e. The fourth-order valence-electron chi connectivity index (χ4n) is 2.24. The molecular weight excluding hydrogens is 311 g/mol. The second kappa shape index (κ2) is 5.87. The first-order chi connectivity index (χ1) is 7.75. The zero-order valence-electron chi connectivity index (χ0n) is 9.67. The van der Waals surface area contributed by atoms with Gasteiger partial charge in [-0.2, -0.15) is 0 Å². The van der Waals surface area contributed by atoms with Gasteiger partial charge in [-0.05, 0) is 56.5 Å². The SMILES string of the molecule is CC(I)Nc1ccc(C2CCNCC2)cc1. The molecule has 1 aromatic rings. The molecule has 1 aliphatic rings. The van der Waals surface area contributed by atoms with Gasteiger partial charge in [0.1, 0.15) is 0 Å². The Morgan fingerprint density at radius 3 is 2.44 bits per heavy atom. The molecule has 2 nitrogen and oxygen atoms in total. The van der Waals surface area contributed by atoms with E-state index in [0.717, 1.165) is 19.0 Å². The van der Waals surface area contributed by atoms with Crippen molar-refractivity contribution in [3.05, 3.63) is 29.8 Å². The fourth-order valence-corrected chi connectivity index (χ4v) is 2.60. The van der Waals surface area contributed by atoms with Crippen LogP contribution in [0.15, 0.2) is 24.3 Å². The van der Waals surface area contributed by atoms with Crippen LogP contribution in [0, 0.1) is 0 Å². The quantitative estimate of drug-likeness (QED) is 0.505. The molecule has 2 N–H and O–H groups in total. The summed E-state index contributed by atoms with van der Waals surface area (Å²) in [7, 11) is 0. The van der Waals surface area contributed by atoms with E-state index in [1.165, 1.54) is 24.1 Å². The van der Waals surface area contributed by atoms with E-state index >= 15 is 0 Å². The lowest BCUT2D eigenvalue weighted by molar-refractivity contribution is 0.460. The molecule has 0 saturated carbocycles. The van der Waals surface area contributed by atoms with Crippen LogP contribution in [0.1, 0.15) is 31.2 Å². The van der Waals surface area contributed by atoms with Gasteiger partial charge in [-0.25, -0.2) is 0 Å². The molecule has 0 amide bonds. The van der Waals surface area contributed by atoms with Gasteiger partial charge in [-0.3, -0.25) is 0 Å². The highest BCUT2D eigenvalue weighted by Crippen LogP contribution is 2.26. The number of anilines is 1. The summed E-state index contributed by atoms with van der Waals surface area (Å²) in [5.74, 6) is 0.757. The van der Waals surface area contributed by atoms with E-state index in [9.17, 15) is 0 Å². The number of benzene rings is 1. The van der Waals surface area contributed by atoms with Gasteiger partial charge in [0, 0.05) is 5.69 Å². The summed E-state index contributed by atoms with van der Waals surface area (Å²) < 4.78 is 0.474. The number of alkyl halides is 1. The summed E-state index contributed by atoms with van der Waals surface area (Å²) in [4.78, 5) is 0. The molecule has 0 bridgehead atoms. The van der Waals surface area contributed by atoms with Gasteiger partial charge in [0.2, 0.25) is 0 Å². The van der Waals surface area contributed by atoms with Gasteiger partial charge >= 0.3 is 0 Å². The highest BCUT2D eigenvalue weighted by molar-refractivity contribution is 14.1. The highest BCUT2D eigenvalue weighted by atomic mass is 127. The Bertz CT molecular complexity index is 315. The van der Waals surface area contributed by atoms with Crippen molar-refractivity contribution in [2.75, 3.05) is 18.4 Å². The van der Waals surface area contributed by atoms with Gasteiger partial charge in [-0.15, -0.1) is 0 Å². The molecule has 1 atom stereocenters. The predicted molar refractivity (Wildman–Crippen MR) is 78.4 cm³/mol. The van der Waals surface area contributed by atoms with Crippen molar-refractivity contribution in [1.82, 2.24) is 5.32 Å². The Labute approximate surface area is 111 Å². The van der Waals surface area contributed by atoms with Crippen LogP contribution in [0.4, 0.5) is 5.69 Å². The normalized spacial score (nSPS) is 19.4. The Hall–Kier alpha value is -0.290. The van der Waals surface area contributed by atoms with Crippen molar-refractivity contribution in [3.8, 4) is 0 Å². The molecule has 1 heterocycles. The molecule has 88 valence electrons. The van der Waals surface area contributed by atoms with Crippen molar-refractivity contribution < 1.29 is 0 Å². The molecule has 0 spiro atoms. The number of piperidine rings is 1. The maximum Gasteiger partial charge on any atom is 0.0752 e. The van der Waals surface area contributed by atoms with Crippen LogP contribution in [0.2, 0.25) is 0 Å². The summed E-state index contributed by atoms with van der Waals surface area (Å²) in [6, 6.07) is 8.95. The summed E-state index contributed by atoms with van der Waals surface area (Å²) in [5, 5.41) is 6.82. The minimum atomic E-state index is 0.474. The van der Waals surface area contributed by atoms with Gasteiger partial charge in [0.25, 0.3) is 0 Å². The van der Waals surface area contributed by atoms with Crippen LogP contribution in [0.3, 0.4) is 0 Å². The van der Waals surface area contributed by atoms with Crippen LogP contribution in [0.25, 0.3) is 0 Å². The van der Waals surface area contributed by atoms with Crippen LogP contribution in [-0.4, -0.2) is 17.1 Å². The molecule has 16 heavy (non-hydrogen) atoms. The average molecular weight is 330 g/mol. The summed E-state index contributed by atoms with van der Waals surface area (Å²) >= 11 is 2.38. The van der Waals surface area contributed by atoms with Gasteiger partial charge in [-0.1, -0.05) is 34.7 Å². The van der Waals surface area contributed by atoms with E-state index in [4.69, 9.17) is 0 Å². The van der Waals surface area contributed by atoms with E-state index in [2.05, 4.69) is 64.4 Å². The summed E-state index contributed by atoms with van der Waals surface area (Å²) in [5.41, 5.74) is 2.72. The Morgan fingerprint density at radius 2 is 1.88 bits per heavy atom. The van der Waals surface area contributed by atoms with Crippen molar-refractivity contribution in [2.24, 2.45) is 0 Å². The van der Waals surface area contributed by atoms with Crippen molar-refractivity contribution in [3.63, 3.8) is 0 Å². The number of rotatable bonds is 3. The second-order valence-electron chi connectivity index (χ2n) is 4.41. The second-order valence-corrected chi connectivity index (χ2v) is 6.28. The third-order valence-electron chi connectivity index (χ3n) is 3.09. The number of hydrogen-bond donors (Lipinski definition) is 2. The molecule has 0 radical (unpaired) electrons. The molecule has 0 aliphatic carbocycles. The maximum atomic E-state index is 3.41. The van der Waals surface area contributed by atoms with Crippen molar-refractivity contribution in [2.45, 2.75) is 29.7 Å². The predicted octanol–water partition coefficient (Wildman–Crippen LogP) is 3.35. The molecule has 1 saturated heterocycles. The number of hydrogen-bond acceptors (Lipinski definition) is 2. The lowest BCUT2D eigenvalue weighted by atomic mass is 9.90. The van der Waals surface area contributed by atoms with Gasteiger partial charge in [0.15, 0.2) is 0 Å². The van der Waals surface area contributed by atoms with Crippen LogP contribution < -0.4 is 10.6 Å². The van der Waals surface area contributed by atoms with E-state index in [-0.39, 0.29) is 0 Å². The topological polar surface area (TPSA) is 24.1 Å². The van der Waals surface area contributed by atoms with E-state index in [0.29, 0.717) is 4.05 Å². The largest absolute Gasteiger partial charge is 0.374 e. The minimum absolute atomic E-state index is 0.474. The van der Waals surface area contributed by atoms with Crippen LogP contribution in [0.5, 0.6) is 0 Å². The van der Waals surface area contributed by atoms with Crippen LogP contribution >= 0.6 is 22.6 Å². The molecule has 1 fully saturated rings. The Balaban J connectivity index is 2.00. The molecule has 3 heteroatoms. The molecular formula is C13H19IN2.